The van der Waals surface area contributed by atoms with Crippen LogP contribution < -0.4 is 4.74 Å². The zero-order chi connectivity index (χ0) is 14.8. The maximum absolute atomic E-state index is 5.32. The minimum Gasteiger partial charge on any atom is -0.497 e. The van der Waals surface area contributed by atoms with Crippen molar-refractivity contribution in [2.24, 2.45) is 0 Å². The molecule has 7 nitrogen and oxygen atoms in total. The summed E-state index contributed by atoms with van der Waals surface area (Å²) in [5, 5.41) is 15.4. The molecule has 0 aliphatic carbocycles. The van der Waals surface area contributed by atoms with Gasteiger partial charge in [0.15, 0.2) is 5.82 Å². The number of pyridine rings is 1. The molecule has 3 rings (SSSR count). The van der Waals surface area contributed by atoms with Crippen LogP contribution in [0, 0.1) is 0 Å². The average Bonchev–Trinajstić information content (AvgIpc) is 3.01. The summed E-state index contributed by atoms with van der Waals surface area (Å²) in [6.45, 7) is 0. The Morgan fingerprint density at radius 1 is 1.24 bits per heavy atom. The number of ether oxygens (including phenoxy) is 1. The molecule has 2 heterocycles. The van der Waals surface area contributed by atoms with Gasteiger partial charge in [0.25, 0.3) is 0 Å². The van der Waals surface area contributed by atoms with Gasteiger partial charge in [0.2, 0.25) is 0 Å². The van der Waals surface area contributed by atoms with E-state index in [2.05, 4.69) is 25.6 Å². The lowest BCUT2D eigenvalue weighted by molar-refractivity contribution is 0.331. The second kappa shape index (κ2) is 5.45. The van der Waals surface area contributed by atoms with Crippen LogP contribution in [-0.4, -0.2) is 51.7 Å². The summed E-state index contributed by atoms with van der Waals surface area (Å²) in [6, 6.07) is 7.69. The van der Waals surface area contributed by atoms with E-state index in [0.717, 1.165) is 22.2 Å². The van der Waals surface area contributed by atoms with E-state index in [1.54, 1.807) is 13.3 Å². The highest BCUT2D eigenvalue weighted by molar-refractivity contribution is 5.84. The first kappa shape index (κ1) is 13.4. The molecule has 0 radical (unpaired) electrons. The van der Waals surface area contributed by atoms with Gasteiger partial charge in [-0.05, 0) is 43.9 Å². The zero-order valence-corrected chi connectivity index (χ0v) is 12.1. The van der Waals surface area contributed by atoms with E-state index in [9.17, 15) is 0 Å². The van der Waals surface area contributed by atoms with Crippen LogP contribution in [0.15, 0.2) is 30.5 Å². The van der Waals surface area contributed by atoms with E-state index in [4.69, 9.17) is 4.74 Å². The summed E-state index contributed by atoms with van der Waals surface area (Å²) in [5.74, 6) is 1.41. The number of fused-ring (bicyclic) bond motifs is 1. The van der Waals surface area contributed by atoms with Gasteiger partial charge < -0.3 is 4.74 Å². The van der Waals surface area contributed by atoms with Crippen molar-refractivity contribution in [2.75, 3.05) is 21.2 Å². The van der Waals surface area contributed by atoms with Crippen molar-refractivity contribution < 1.29 is 4.74 Å². The first-order valence-electron chi connectivity index (χ1n) is 6.53. The van der Waals surface area contributed by atoms with Crippen LogP contribution in [0.2, 0.25) is 0 Å². The fourth-order valence-corrected chi connectivity index (χ4v) is 2.45. The maximum atomic E-state index is 5.32. The number of hydrogen-bond donors (Lipinski definition) is 1. The number of H-pyrrole nitrogens is 1. The molecule has 0 spiro atoms. The lowest BCUT2D eigenvalue weighted by Gasteiger charge is -2.22. The molecule has 3 aromatic rings. The average molecular weight is 284 g/mol. The van der Waals surface area contributed by atoms with Gasteiger partial charge in [0.05, 0.1) is 18.7 Å². The summed E-state index contributed by atoms with van der Waals surface area (Å²) in [6.07, 6.45) is 1.79. The van der Waals surface area contributed by atoms with Crippen molar-refractivity contribution in [1.82, 2.24) is 30.5 Å². The van der Waals surface area contributed by atoms with Crippen molar-refractivity contribution in [1.29, 1.82) is 0 Å². The lowest BCUT2D eigenvalue weighted by Crippen LogP contribution is -2.22. The van der Waals surface area contributed by atoms with Crippen LogP contribution in [0.4, 0.5) is 0 Å². The van der Waals surface area contributed by atoms with Gasteiger partial charge in [-0.15, -0.1) is 10.2 Å². The van der Waals surface area contributed by atoms with Gasteiger partial charge in [-0.25, -0.2) is 0 Å². The quantitative estimate of drug-likeness (QED) is 0.780. The van der Waals surface area contributed by atoms with Crippen LogP contribution >= 0.6 is 0 Å². The van der Waals surface area contributed by atoms with Gasteiger partial charge in [-0.2, -0.15) is 5.21 Å². The Morgan fingerprint density at radius 2 is 2.10 bits per heavy atom. The highest BCUT2D eigenvalue weighted by atomic mass is 16.5. The molecule has 0 aliphatic rings. The van der Waals surface area contributed by atoms with E-state index >= 15 is 0 Å². The number of hydrogen-bond acceptors (Lipinski definition) is 6. The molecule has 7 heteroatoms. The summed E-state index contributed by atoms with van der Waals surface area (Å²) >= 11 is 0. The topological polar surface area (TPSA) is 79.8 Å². The van der Waals surface area contributed by atoms with Crippen molar-refractivity contribution in [3.8, 4) is 5.75 Å². The molecule has 108 valence electrons. The predicted octanol–water partition coefficient (Wildman–Crippen LogP) is 1.41. The number of nitrogens with one attached hydrogen (secondary N) is 1. The zero-order valence-electron chi connectivity index (χ0n) is 12.1. The molecule has 0 amide bonds. The largest absolute Gasteiger partial charge is 0.497 e. The standard InChI is InChI=1S/C14H16N6O/c1-20(2)13(14-16-18-19-17-14)10-6-7-15-12-5-4-9(21-3)8-11(10)12/h4-8,13H,1-3H3,(H,16,17,18,19). The summed E-state index contributed by atoms with van der Waals surface area (Å²) < 4.78 is 5.32. The Bertz CT molecular complexity index is 740. The molecule has 0 fully saturated rings. The Balaban J connectivity index is 2.22. The van der Waals surface area contributed by atoms with E-state index < -0.39 is 0 Å². The van der Waals surface area contributed by atoms with Crippen LogP contribution in [0.1, 0.15) is 17.4 Å². The van der Waals surface area contributed by atoms with E-state index in [1.165, 1.54) is 0 Å². The van der Waals surface area contributed by atoms with Gasteiger partial charge in [-0.1, -0.05) is 5.21 Å². The van der Waals surface area contributed by atoms with Gasteiger partial charge in [0, 0.05) is 11.6 Å². The molecule has 0 saturated carbocycles. The smallest absolute Gasteiger partial charge is 0.196 e. The molecule has 1 N–H and O–H groups in total. The summed E-state index contributed by atoms with van der Waals surface area (Å²) in [4.78, 5) is 6.44. The molecule has 1 unspecified atom stereocenters. The number of benzene rings is 1. The van der Waals surface area contributed by atoms with Crippen LogP contribution in [-0.2, 0) is 0 Å². The first-order chi connectivity index (χ1) is 10.2. The minimum absolute atomic E-state index is 0.110. The predicted molar refractivity (Wildman–Crippen MR) is 78.0 cm³/mol. The molecule has 2 aromatic heterocycles. The van der Waals surface area contributed by atoms with E-state index in [1.807, 2.05) is 43.3 Å². The Morgan fingerprint density at radius 3 is 2.76 bits per heavy atom. The number of aromatic nitrogens is 5. The number of aromatic amines is 1. The fraction of sp³-hybridized carbons (Fsp3) is 0.286. The number of nitrogens with zero attached hydrogens (tertiary/aromatic N) is 5. The molecule has 21 heavy (non-hydrogen) atoms. The lowest BCUT2D eigenvalue weighted by atomic mass is 10.0. The SMILES string of the molecule is COc1ccc2nccc(C(c3nn[nH]n3)N(C)C)c2c1. The molecular weight excluding hydrogens is 268 g/mol. The first-order valence-corrected chi connectivity index (χ1v) is 6.53. The molecule has 0 bridgehead atoms. The van der Waals surface area contributed by atoms with E-state index in [0.29, 0.717) is 5.82 Å². The monoisotopic (exact) mass is 284 g/mol. The second-order valence-electron chi connectivity index (χ2n) is 4.92. The van der Waals surface area contributed by atoms with E-state index in [-0.39, 0.29) is 6.04 Å². The third kappa shape index (κ3) is 2.43. The molecule has 1 atom stereocenters. The third-order valence-corrected chi connectivity index (χ3v) is 3.40. The van der Waals surface area contributed by atoms with Crippen molar-refractivity contribution in [2.45, 2.75) is 6.04 Å². The number of methoxy groups -OCH3 is 1. The van der Waals surface area contributed by atoms with Crippen molar-refractivity contribution in [3.05, 3.63) is 41.9 Å². The fourth-order valence-electron chi connectivity index (χ4n) is 2.45. The Kier molecular flexibility index (Phi) is 3.49. The second-order valence-corrected chi connectivity index (χ2v) is 4.92. The minimum atomic E-state index is -0.110. The van der Waals surface area contributed by atoms with Crippen LogP contribution in [0.3, 0.4) is 0 Å². The molecule has 0 saturated heterocycles. The molecule has 1 aromatic carbocycles. The maximum Gasteiger partial charge on any atom is 0.196 e. The van der Waals surface area contributed by atoms with Gasteiger partial charge >= 0.3 is 0 Å². The molecule has 0 aliphatic heterocycles. The van der Waals surface area contributed by atoms with Gasteiger partial charge in [-0.3, -0.25) is 9.88 Å². The van der Waals surface area contributed by atoms with Crippen molar-refractivity contribution >= 4 is 10.9 Å². The normalized spacial score (nSPS) is 12.8. The Labute approximate surface area is 121 Å². The highest BCUT2D eigenvalue weighted by Crippen LogP contribution is 2.31. The van der Waals surface area contributed by atoms with Crippen LogP contribution in [0.5, 0.6) is 5.75 Å². The van der Waals surface area contributed by atoms with Crippen LogP contribution in [0.25, 0.3) is 10.9 Å². The Hall–Kier alpha value is -2.54. The number of rotatable bonds is 4. The highest BCUT2D eigenvalue weighted by Gasteiger charge is 2.23. The van der Waals surface area contributed by atoms with Gasteiger partial charge in [0.1, 0.15) is 5.75 Å². The third-order valence-electron chi connectivity index (χ3n) is 3.40. The molecular formula is C14H16N6O. The summed E-state index contributed by atoms with van der Waals surface area (Å²) in [7, 11) is 5.61. The number of tetrazole rings is 1. The van der Waals surface area contributed by atoms with Crippen molar-refractivity contribution in [3.63, 3.8) is 0 Å². The summed E-state index contributed by atoms with van der Waals surface area (Å²) in [5.41, 5.74) is 1.97.